The van der Waals surface area contributed by atoms with Crippen LogP contribution >= 0.6 is 34.0 Å². The minimum absolute atomic E-state index is 0.00724. The molecule has 13 heteroatoms. The Morgan fingerprint density at radius 3 is 1.29 bits per heavy atom. The minimum Gasteiger partial charge on any atom is -0.481 e. The molecule has 0 saturated carbocycles. The van der Waals surface area contributed by atoms with Crippen LogP contribution in [-0.2, 0) is 22.4 Å². The maximum Gasteiger partial charge on any atom is 0.307 e. The van der Waals surface area contributed by atoms with Crippen molar-refractivity contribution in [2.24, 2.45) is 0 Å². The van der Waals surface area contributed by atoms with Crippen LogP contribution in [0.4, 0.5) is 8.78 Å². The topological polar surface area (TPSA) is 115 Å². The molecule has 0 spiro atoms. The van der Waals surface area contributed by atoms with Crippen molar-refractivity contribution >= 4 is 57.8 Å². The van der Waals surface area contributed by atoms with E-state index in [0.717, 1.165) is 35.4 Å². The van der Waals surface area contributed by atoms with E-state index in [0.29, 0.717) is 67.9 Å². The molecule has 5 heterocycles. The van der Waals surface area contributed by atoms with Crippen LogP contribution in [0.25, 0.3) is 40.4 Å². The number of benzene rings is 2. The molecule has 5 aromatic rings. The molecule has 3 aromatic heterocycles. The summed E-state index contributed by atoms with van der Waals surface area (Å²) in [6.45, 7) is 2.42. The van der Waals surface area contributed by atoms with Gasteiger partial charge in [0, 0.05) is 55.4 Å². The first kappa shape index (κ1) is 34.7. The number of nitrogens with zero attached hydrogens (tertiary/aromatic N) is 2. The largest absolute Gasteiger partial charge is 0.481 e. The number of aliphatic carboxylic acids is 2. The minimum atomic E-state index is -1.03. The summed E-state index contributed by atoms with van der Waals surface area (Å²) < 4.78 is 30.5. The van der Waals surface area contributed by atoms with Crippen molar-refractivity contribution < 1.29 is 38.2 Å². The quantitative estimate of drug-likeness (QED) is 0.148. The van der Waals surface area contributed by atoms with Crippen LogP contribution in [0.2, 0.25) is 0 Å². The Morgan fingerprint density at radius 2 is 0.941 bits per heavy atom. The average Bonchev–Trinajstić information content (AvgIpc) is 3.93. The molecule has 7 rings (SSSR count). The molecule has 8 nitrogen and oxygen atoms in total. The molecule has 2 aromatic carbocycles. The van der Waals surface area contributed by atoms with Crippen molar-refractivity contribution in [3.63, 3.8) is 0 Å². The van der Waals surface area contributed by atoms with Gasteiger partial charge in [0.2, 0.25) is 0 Å². The molecule has 0 unspecified atom stereocenters. The lowest BCUT2D eigenvalue weighted by atomic mass is 10.1. The van der Waals surface area contributed by atoms with E-state index < -0.39 is 23.6 Å². The van der Waals surface area contributed by atoms with Crippen LogP contribution in [0.3, 0.4) is 0 Å². The molecule has 2 aliphatic heterocycles. The second-order valence-electron chi connectivity index (χ2n) is 12.6. The monoisotopic (exact) mass is 746 g/mol. The molecule has 2 saturated heterocycles. The van der Waals surface area contributed by atoms with Gasteiger partial charge in [0.15, 0.2) is 0 Å². The standard InChI is InChI=1S/C38H32F2N2O6S3/c39-27-15-21(5-7-25(27)37(47)41-11-1-2-12-41)31-17-23(19-33(43)44)35(50-31)29-9-10-30(49-29)36-24(20-34(45)46)18-32(51-36)22-6-8-26(28(40)16-22)38(48)42-13-3-4-14-42/h5-10,15-18H,1-4,11-14,19-20H2,(H,43,44)(H,45,46). The zero-order valence-electron chi connectivity index (χ0n) is 27.2. The second-order valence-corrected chi connectivity index (χ2v) is 15.8. The molecule has 2 amide bonds. The van der Waals surface area contributed by atoms with E-state index in [1.807, 2.05) is 12.1 Å². The van der Waals surface area contributed by atoms with Gasteiger partial charge in [-0.15, -0.1) is 34.0 Å². The molecule has 51 heavy (non-hydrogen) atoms. The predicted octanol–water partition coefficient (Wildman–Crippen LogP) is 8.54. The smallest absolute Gasteiger partial charge is 0.307 e. The van der Waals surface area contributed by atoms with Crippen LogP contribution in [0, 0.1) is 11.6 Å². The zero-order chi connectivity index (χ0) is 35.8. The molecular formula is C38H32F2N2O6S3. The van der Waals surface area contributed by atoms with Gasteiger partial charge < -0.3 is 20.0 Å². The Balaban J connectivity index is 1.20. The fraction of sp³-hybridized carbons (Fsp3) is 0.263. The summed E-state index contributed by atoms with van der Waals surface area (Å²) in [7, 11) is 0. The number of carbonyl (C=O) groups excluding carboxylic acids is 2. The van der Waals surface area contributed by atoms with Gasteiger partial charge >= 0.3 is 11.9 Å². The van der Waals surface area contributed by atoms with Crippen LogP contribution in [-0.4, -0.2) is 69.9 Å². The first-order valence-corrected chi connectivity index (χ1v) is 19.0. The highest BCUT2D eigenvalue weighted by Crippen LogP contribution is 2.47. The molecule has 2 N–H and O–H groups in total. The molecule has 0 radical (unpaired) electrons. The summed E-state index contributed by atoms with van der Waals surface area (Å²) >= 11 is 4.01. The van der Waals surface area contributed by atoms with E-state index >= 15 is 8.78 Å². The Kier molecular flexibility index (Phi) is 9.86. The summed E-state index contributed by atoms with van der Waals surface area (Å²) in [4.78, 5) is 56.9. The molecule has 0 aliphatic carbocycles. The summed E-state index contributed by atoms with van der Waals surface area (Å²) in [5.41, 5.74) is 2.16. The first-order chi connectivity index (χ1) is 24.5. The Labute approximate surface area is 304 Å². The van der Waals surface area contributed by atoms with Crippen LogP contribution < -0.4 is 0 Å². The summed E-state index contributed by atoms with van der Waals surface area (Å²) in [5, 5.41) is 19.4. The van der Waals surface area contributed by atoms with Gasteiger partial charge in [-0.2, -0.15) is 0 Å². The van der Waals surface area contributed by atoms with E-state index in [9.17, 15) is 29.4 Å². The van der Waals surface area contributed by atoms with Crippen molar-refractivity contribution in [2.45, 2.75) is 38.5 Å². The summed E-state index contributed by atoms with van der Waals surface area (Å²) in [6.07, 6.45) is 3.05. The number of amides is 2. The average molecular weight is 747 g/mol. The van der Waals surface area contributed by atoms with E-state index in [-0.39, 0.29) is 35.8 Å². The lowest BCUT2D eigenvalue weighted by Gasteiger charge is -2.15. The van der Waals surface area contributed by atoms with Gasteiger partial charge in [0.1, 0.15) is 11.6 Å². The van der Waals surface area contributed by atoms with Gasteiger partial charge in [-0.25, -0.2) is 8.78 Å². The fourth-order valence-electron chi connectivity index (χ4n) is 6.59. The molecule has 0 bridgehead atoms. The normalized spacial score (nSPS) is 14.4. The molecule has 2 fully saturated rings. The van der Waals surface area contributed by atoms with Gasteiger partial charge in [-0.1, -0.05) is 12.1 Å². The van der Waals surface area contributed by atoms with Crippen molar-refractivity contribution in [2.75, 3.05) is 26.2 Å². The number of thiophene rings is 3. The Morgan fingerprint density at radius 1 is 0.549 bits per heavy atom. The van der Waals surface area contributed by atoms with Gasteiger partial charge in [-0.3, -0.25) is 19.2 Å². The Bertz CT molecular complexity index is 2020. The molecular weight excluding hydrogens is 715 g/mol. The van der Waals surface area contributed by atoms with E-state index in [1.165, 1.54) is 58.3 Å². The maximum absolute atomic E-state index is 15.3. The number of halogens is 2. The third-order valence-corrected chi connectivity index (χ3v) is 13.0. The number of hydrogen-bond donors (Lipinski definition) is 2. The fourth-order valence-corrected chi connectivity index (χ4v) is 10.2. The Hall–Kier alpha value is -4.72. The van der Waals surface area contributed by atoms with Crippen molar-refractivity contribution in [1.82, 2.24) is 9.80 Å². The maximum atomic E-state index is 15.3. The summed E-state index contributed by atoms with van der Waals surface area (Å²) in [5.74, 6) is -4.00. The van der Waals surface area contributed by atoms with Crippen LogP contribution in [0.15, 0.2) is 60.7 Å². The predicted molar refractivity (Wildman–Crippen MR) is 195 cm³/mol. The number of carboxylic acid groups (broad SMARTS) is 2. The lowest BCUT2D eigenvalue weighted by Crippen LogP contribution is -2.28. The molecule has 0 atom stereocenters. The number of carboxylic acids is 2. The van der Waals surface area contributed by atoms with E-state index in [1.54, 1.807) is 34.1 Å². The second kappa shape index (κ2) is 14.5. The number of hydrogen-bond acceptors (Lipinski definition) is 7. The van der Waals surface area contributed by atoms with Crippen LogP contribution in [0.5, 0.6) is 0 Å². The number of carbonyl (C=O) groups is 4. The van der Waals surface area contributed by atoms with Crippen LogP contribution in [0.1, 0.15) is 57.5 Å². The molecule has 2 aliphatic rings. The van der Waals surface area contributed by atoms with E-state index in [4.69, 9.17) is 0 Å². The van der Waals surface area contributed by atoms with E-state index in [2.05, 4.69) is 0 Å². The van der Waals surface area contributed by atoms with Crippen molar-refractivity contribution in [3.8, 4) is 40.4 Å². The number of likely N-dealkylation sites (tertiary alicyclic amines) is 2. The molecule has 262 valence electrons. The van der Waals surface area contributed by atoms with Gasteiger partial charge in [0.25, 0.3) is 11.8 Å². The van der Waals surface area contributed by atoms with Crippen molar-refractivity contribution in [3.05, 3.63) is 94.6 Å². The zero-order valence-corrected chi connectivity index (χ0v) is 29.7. The van der Waals surface area contributed by atoms with Crippen molar-refractivity contribution in [1.29, 1.82) is 0 Å². The third kappa shape index (κ3) is 7.23. The lowest BCUT2D eigenvalue weighted by molar-refractivity contribution is -0.137. The highest BCUT2D eigenvalue weighted by molar-refractivity contribution is 7.28. The highest BCUT2D eigenvalue weighted by atomic mass is 32.1. The van der Waals surface area contributed by atoms with Gasteiger partial charge in [-0.05, 0) is 96.5 Å². The SMILES string of the molecule is O=C(O)Cc1cc(-c2ccc(C(=O)N3CCCC3)c(F)c2)sc1-c1ccc(-c2sc(-c3ccc(C(=O)N4CCCC4)c(F)c3)cc2CC(=O)O)s1. The highest BCUT2D eigenvalue weighted by Gasteiger charge is 2.26. The summed E-state index contributed by atoms with van der Waals surface area (Å²) in [6, 6.07) is 16.1. The first-order valence-electron chi connectivity index (χ1n) is 16.5. The third-order valence-electron chi connectivity index (χ3n) is 9.11. The number of rotatable bonds is 10. The van der Waals surface area contributed by atoms with Gasteiger partial charge in [0.05, 0.1) is 24.0 Å².